The maximum atomic E-state index is 15.1. The normalized spacial score (nSPS) is 18.0. The number of hydrogen-bond donors (Lipinski definition) is 2. The van der Waals surface area contributed by atoms with E-state index in [9.17, 15) is 18.4 Å². The van der Waals surface area contributed by atoms with Gasteiger partial charge in [-0.2, -0.15) is 0 Å². The molecule has 228 valence electrons. The van der Waals surface area contributed by atoms with Crippen molar-refractivity contribution in [1.29, 1.82) is 0 Å². The summed E-state index contributed by atoms with van der Waals surface area (Å²) < 4.78 is 54.4. The summed E-state index contributed by atoms with van der Waals surface area (Å²) in [5, 5.41) is 11.5. The minimum absolute atomic E-state index is 0.0687. The van der Waals surface area contributed by atoms with Gasteiger partial charge < -0.3 is 20.5 Å². The lowest BCUT2D eigenvalue weighted by Gasteiger charge is -2.22. The van der Waals surface area contributed by atoms with Gasteiger partial charge in [0, 0.05) is 46.3 Å². The van der Waals surface area contributed by atoms with Crippen LogP contribution in [0.4, 0.5) is 13.2 Å². The quantitative estimate of drug-likeness (QED) is 0.244. The van der Waals surface area contributed by atoms with Crippen LogP contribution in [0, 0.1) is 23.4 Å². The summed E-state index contributed by atoms with van der Waals surface area (Å²) in [6, 6.07) is 7.56. The zero-order valence-corrected chi connectivity index (χ0v) is 24.5. The van der Waals surface area contributed by atoms with E-state index in [1.807, 2.05) is 0 Å². The molecular formula is C31H27ClF3N5O4. The molecule has 0 radical (unpaired) electrons. The Kier molecular flexibility index (Phi) is 7.56. The van der Waals surface area contributed by atoms with Gasteiger partial charge >= 0.3 is 0 Å². The molecule has 1 aliphatic heterocycles. The number of nitrogens with two attached hydrogens (primary N) is 1. The third-order valence-electron chi connectivity index (χ3n) is 8.25. The van der Waals surface area contributed by atoms with E-state index in [1.54, 1.807) is 31.2 Å². The molecule has 3 N–H and O–H groups in total. The van der Waals surface area contributed by atoms with Crippen LogP contribution in [-0.4, -0.2) is 47.3 Å². The first-order valence-electron chi connectivity index (χ1n) is 13.9. The van der Waals surface area contributed by atoms with Gasteiger partial charge in [-0.05, 0) is 49.6 Å². The number of primary amides is 1. The molecule has 2 aromatic heterocycles. The van der Waals surface area contributed by atoms with Gasteiger partial charge in [-0.3, -0.25) is 9.59 Å². The Morgan fingerprint density at radius 3 is 2.57 bits per heavy atom. The minimum atomic E-state index is -1.35. The molecule has 1 aliphatic carbocycles. The fourth-order valence-electron chi connectivity index (χ4n) is 5.47. The number of methoxy groups -OCH3 is 1. The third-order valence-corrected chi connectivity index (χ3v) is 8.43. The molecule has 3 heterocycles. The van der Waals surface area contributed by atoms with E-state index in [1.165, 1.54) is 7.11 Å². The van der Waals surface area contributed by atoms with E-state index in [0.717, 1.165) is 12.8 Å². The molecule has 0 bridgehead atoms. The first kappa shape index (κ1) is 29.6. The van der Waals surface area contributed by atoms with Crippen molar-refractivity contribution in [2.45, 2.75) is 37.5 Å². The second kappa shape index (κ2) is 11.2. The summed E-state index contributed by atoms with van der Waals surface area (Å²) in [5.74, 6) is -4.35. The van der Waals surface area contributed by atoms with Gasteiger partial charge in [-0.1, -0.05) is 24.4 Å². The number of hydrogen-bond acceptors (Lipinski definition) is 7. The maximum Gasteiger partial charge on any atom is 0.251 e. The Bertz CT molecular complexity index is 1840. The monoisotopic (exact) mass is 625 g/mol. The number of halogens is 4. The van der Waals surface area contributed by atoms with Crippen LogP contribution in [0.3, 0.4) is 0 Å². The maximum absolute atomic E-state index is 15.1. The zero-order valence-electron chi connectivity index (χ0n) is 23.7. The molecule has 0 saturated heterocycles. The number of rotatable bonds is 9. The lowest BCUT2D eigenvalue weighted by atomic mass is 9.82. The molecule has 1 saturated carbocycles. The summed E-state index contributed by atoms with van der Waals surface area (Å²) in [4.78, 5) is 30.6. The van der Waals surface area contributed by atoms with Crippen LogP contribution >= 0.6 is 11.6 Å². The fraction of sp³-hybridized carbons (Fsp3) is 0.323. The Balaban J connectivity index is 1.39. The molecule has 44 heavy (non-hydrogen) atoms. The second-order valence-corrected chi connectivity index (χ2v) is 11.8. The average molecular weight is 626 g/mol. The van der Waals surface area contributed by atoms with Crippen molar-refractivity contribution >= 4 is 34.3 Å². The number of carbonyl (C=O) groups excluding carboxylic acids is 2. The first-order valence-corrected chi connectivity index (χ1v) is 14.3. The van der Waals surface area contributed by atoms with Crippen molar-refractivity contribution in [2.24, 2.45) is 11.7 Å². The number of nitrogens with one attached hydrogen (secondary N) is 1. The van der Waals surface area contributed by atoms with Crippen LogP contribution in [0.5, 0.6) is 11.5 Å². The summed E-state index contributed by atoms with van der Waals surface area (Å²) in [5.41, 5.74) is 5.59. The van der Waals surface area contributed by atoms with Crippen molar-refractivity contribution < 1.29 is 32.2 Å². The topological polar surface area (TPSA) is 129 Å². The Labute approximate surface area is 254 Å². The minimum Gasteiger partial charge on any atom is -0.494 e. The van der Waals surface area contributed by atoms with Crippen LogP contribution in [0.2, 0.25) is 5.15 Å². The molecule has 2 aromatic carbocycles. The lowest BCUT2D eigenvalue weighted by Crippen LogP contribution is -2.40. The molecule has 0 spiro atoms. The Hall–Kier alpha value is -4.45. The van der Waals surface area contributed by atoms with Gasteiger partial charge in [0.1, 0.15) is 40.5 Å². The molecule has 2 atom stereocenters. The van der Waals surface area contributed by atoms with Crippen LogP contribution in [0.15, 0.2) is 36.4 Å². The fourth-order valence-corrected chi connectivity index (χ4v) is 5.63. The van der Waals surface area contributed by atoms with E-state index in [0.29, 0.717) is 57.9 Å². The summed E-state index contributed by atoms with van der Waals surface area (Å²) in [6.45, 7) is 1.59. The molecule has 2 aliphatic rings. The van der Waals surface area contributed by atoms with E-state index < -0.39 is 34.7 Å². The standard InChI is InChI=1S/C31H27ClF3N5O4/c1-31(30(36)42)13-44-28-19(31)10-23(38-27(28)18-9-21(34)22(35)11-20(18)33)17(5-14-3-4-14)12-37-29(41)16-6-15-8-25(32)39-40-26(15)24(7-16)43-2/h6-11,14,17H,3-5,12-13H2,1-2H3,(H2,36,42)(H,37,41)/t17?,31-/m0/s1. The predicted molar refractivity (Wildman–Crippen MR) is 155 cm³/mol. The summed E-state index contributed by atoms with van der Waals surface area (Å²) >= 11 is 6.01. The number of nitrogens with zero attached hydrogens (tertiary/aromatic N) is 3. The highest BCUT2D eigenvalue weighted by Crippen LogP contribution is 2.47. The van der Waals surface area contributed by atoms with Gasteiger partial charge in [0.05, 0.1) is 7.11 Å². The third kappa shape index (κ3) is 5.38. The van der Waals surface area contributed by atoms with E-state index in [2.05, 4.69) is 20.5 Å². The van der Waals surface area contributed by atoms with Crippen molar-refractivity contribution in [2.75, 3.05) is 20.3 Å². The van der Waals surface area contributed by atoms with E-state index >= 15 is 4.39 Å². The highest BCUT2D eigenvalue weighted by atomic mass is 35.5. The van der Waals surface area contributed by atoms with Crippen molar-refractivity contribution in [3.63, 3.8) is 0 Å². The smallest absolute Gasteiger partial charge is 0.251 e. The molecule has 13 heteroatoms. The highest BCUT2D eigenvalue weighted by molar-refractivity contribution is 6.30. The number of amides is 2. The predicted octanol–water partition coefficient (Wildman–Crippen LogP) is 5.22. The van der Waals surface area contributed by atoms with Gasteiger partial charge in [0.25, 0.3) is 5.91 Å². The van der Waals surface area contributed by atoms with Gasteiger partial charge in [0.15, 0.2) is 16.8 Å². The SMILES string of the molecule is COc1cc(C(=O)NCC(CC2CC2)c2cc3c(c(-c4cc(F)c(F)cc4F)n2)OC[C@]3(C)C(N)=O)cc2cc(Cl)nnc12. The van der Waals surface area contributed by atoms with Crippen molar-refractivity contribution in [3.05, 3.63) is 75.8 Å². The first-order chi connectivity index (χ1) is 21.0. The van der Waals surface area contributed by atoms with Crippen molar-refractivity contribution in [1.82, 2.24) is 20.5 Å². The van der Waals surface area contributed by atoms with E-state index in [-0.39, 0.29) is 41.2 Å². The van der Waals surface area contributed by atoms with Gasteiger partial charge in [-0.15, -0.1) is 10.2 Å². The lowest BCUT2D eigenvalue weighted by molar-refractivity contribution is -0.123. The summed E-state index contributed by atoms with van der Waals surface area (Å²) in [7, 11) is 1.45. The molecule has 6 rings (SSSR count). The number of aromatic nitrogens is 3. The molecular weight excluding hydrogens is 599 g/mol. The molecule has 9 nitrogen and oxygen atoms in total. The molecule has 1 unspecified atom stereocenters. The van der Waals surface area contributed by atoms with Crippen LogP contribution in [-0.2, 0) is 10.2 Å². The number of carbonyl (C=O) groups is 2. The molecule has 2 amide bonds. The number of ether oxygens (including phenoxy) is 2. The van der Waals surface area contributed by atoms with Crippen LogP contribution < -0.4 is 20.5 Å². The van der Waals surface area contributed by atoms with E-state index in [4.69, 9.17) is 26.8 Å². The Morgan fingerprint density at radius 2 is 1.86 bits per heavy atom. The number of pyridine rings is 1. The van der Waals surface area contributed by atoms with Crippen LogP contribution in [0.25, 0.3) is 22.2 Å². The Morgan fingerprint density at radius 1 is 1.11 bits per heavy atom. The second-order valence-electron chi connectivity index (χ2n) is 11.4. The van der Waals surface area contributed by atoms with Gasteiger partial charge in [0.2, 0.25) is 5.91 Å². The van der Waals surface area contributed by atoms with Crippen LogP contribution in [0.1, 0.15) is 53.7 Å². The number of fused-ring (bicyclic) bond motifs is 2. The number of benzene rings is 2. The molecule has 1 fully saturated rings. The van der Waals surface area contributed by atoms with Gasteiger partial charge in [-0.25, -0.2) is 18.2 Å². The highest BCUT2D eigenvalue weighted by Gasteiger charge is 2.44. The molecule has 4 aromatic rings. The summed E-state index contributed by atoms with van der Waals surface area (Å²) in [6.07, 6.45) is 2.61. The zero-order chi connectivity index (χ0) is 31.3. The largest absolute Gasteiger partial charge is 0.494 e. The van der Waals surface area contributed by atoms with Crippen molar-refractivity contribution in [3.8, 4) is 22.8 Å². The average Bonchev–Trinajstić information content (AvgIpc) is 3.75.